The lowest BCUT2D eigenvalue weighted by Gasteiger charge is -2.25. The Balaban J connectivity index is 1.71. The minimum Gasteiger partial charge on any atom is -0.485 e. The number of amides is 2. The van der Waals surface area contributed by atoms with E-state index in [1.807, 2.05) is 13.0 Å². The topological polar surface area (TPSA) is 77.0 Å². The molecule has 6 nitrogen and oxygen atoms in total. The van der Waals surface area contributed by atoms with E-state index in [1.165, 1.54) is 0 Å². The van der Waals surface area contributed by atoms with E-state index in [0.29, 0.717) is 33.9 Å². The van der Waals surface area contributed by atoms with Gasteiger partial charge in [-0.1, -0.05) is 12.2 Å². The third kappa shape index (κ3) is 3.72. The average Bonchev–Trinajstić information content (AvgIpc) is 2.60. The van der Waals surface area contributed by atoms with Gasteiger partial charge in [0.05, 0.1) is 10.4 Å². The molecule has 2 unspecified atom stereocenters. The van der Waals surface area contributed by atoms with E-state index in [-0.39, 0.29) is 24.5 Å². The van der Waals surface area contributed by atoms with E-state index >= 15 is 0 Å². The number of nitrogens with one attached hydrogen (secondary N) is 1. The normalized spacial score (nSPS) is 21.6. The van der Waals surface area contributed by atoms with Crippen molar-refractivity contribution in [2.45, 2.75) is 20.0 Å². The monoisotopic (exact) mass is 418 g/mol. The van der Waals surface area contributed by atoms with Crippen molar-refractivity contribution in [2.75, 3.05) is 13.2 Å². The highest BCUT2D eigenvalue weighted by atomic mass is 79.9. The largest absolute Gasteiger partial charge is 0.485 e. The van der Waals surface area contributed by atoms with Crippen LogP contribution in [0.25, 0.3) is 0 Å². The molecule has 2 aliphatic heterocycles. The Hall–Kier alpha value is -2.41. The molecule has 1 aromatic carbocycles. The number of aliphatic imine (C=N–C) groups is 1. The fourth-order valence-electron chi connectivity index (χ4n) is 2.85. The maximum atomic E-state index is 12.5. The molecule has 0 radical (unpaired) electrons. The van der Waals surface area contributed by atoms with Crippen LogP contribution in [-0.4, -0.2) is 36.8 Å². The molecule has 0 saturated heterocycles. The lowest BCUT2D eigenvalue weighted by atomic mass is 9.95. The lowest BCUT2D eigenvalue weighted by Crippen LogP contribution is -2.34. The lowest BCUT2D eigenvalue weighted by molar-refractivity contribution is -0.120. The zero-order valence-corrected chi connectivity index (χ0v) is 16.1. The van der Waals surface area contributed by atoms with E-state index in [2.05, 4.69) is 32.8 Å². The van der Waals surface area contributed by atoms with Gasteiger partial charge in [0, 0.05) is 17.8 Å². The summed E-state index contributed by atoms with van der Waals surface area (Å²) in [5.41, 5.74) is 1.99. The van der Waals surface area contributed by atoms with Crippen LogP contribution in [0, 0.1) is 5.92 Å². The predicted octanol–water partition coefficient (Wildman–Crippen LogP) is 3.07. The summed E-state index contributed by atoms with van der Waals surface area (Å²) in [5, 5.41) is 2.80. The van der Waals surface area contributed by atoms with Crippen LogP contribution in [0.3, 0.4) is 0 Å². The number of fused-ring (bicyclic) bond motifs is 1. The molecule has 0 spiro atoms. The maximum absolute atomic E-state index is 12.5. The van der Waals surface area contributed by atoms with Gasteiger partial charge in [0.1, 0.15) is 6.61 Å². The van der Waals surface area contributed by atoms with E-state index in [1.54, 1.807) is 25.1 Å². The summed E-state index contributed by atoms with van der Waals surface area (Å²) < 4.78 is 12.0. The average molecular weight is 419 g/mol. The Labute approximate surface area is 160 Å². The first-order chi connectivity index (χ1) is 12.4. The van der Waals surface area contributed by atoms with Crippen molar-refractivity contribution in [2.24, 2.45) is 10.9 Å². The minimum absolute atomic E-state index is 0.196. The van der Waals surface area contributed by atoms with E-state index in [0.717, 1.165) is 5.57 Å². The molecule has 0 saturated carbocycles. The number of nitrogens with zero attached hydrogens (tertiary/aromatic N) is 1. The zero-order valence-electron chi connectivity index (χ0n) is 14.5. The third-order valence-electron chi connectivity index (χ3n) is 4.24. The van der Waals surface area contributed by atoms with Crippen LogP contribution in [0.2, 0.25) is 0 Å². The third-order valence-corrected chi connectivity index (χ3v) is 4.83. The van der Waals surface area contributed by atoms with Crippen LogP contribution in [0.4, 0.5) is 0 Å². The molecule has 7 heteroatoms. The second kappa shape index (κ2) is 7.45. The van der Waals surface area contributed by atoms with Gasteiger partial charge in [0.2, 0.25) is 0 Å². The van der Waals surface area contributed by atoms with Gasteiger partial charge in [-0.3, -0.25) is 9.59 Å². The van der Waals surface area contributed by atoms with Crippen LogP contribution >= 0.6 is 15.9 Å². The molecule has 0 aliphatic carbocycles. The number of hydrogen-bond acceptors (Lipinski definition) is 4. The van der Waals surface area contributed by atoms with E-state index in [9.17, 15) is 9.59 Å². The van der Waals surface area contributed by atoms with Gasteiger partial charge in [-0.2, -0.15) is 0 Å². The molecule has 2 aliphatic rings. The smallest absolute Gasteiger partial charge is 0.254 e. The van der Waals surface area contributed by atoms with Crippen molar-refractivity contribution < 1.29 is 19.1 Å². The molecule has 0 aromatic heterocycles. The Morgan fingerprint density at radius 2 is 2.23 bits per heavy atom. The number of benzene rings is 1. The predicted molar refractivity (Wildman–Crippen MR) is 102 cm³/mol. The molecule has 3 rings (SSSR count). The number of rotatable bonds is 4. The molecule has 2 heterocycles. The number of hydrogen-bond donors (Lipinski definition) is 1. The molecule has 1 aromatic rings. The molecule has 2 amide bonds. The fraction of sp³-hybridized carbons (Fsp3) is 0.316. The van der Waals surface area contributed by atoms with Crippen LogP contribution in [0.15, 0.2) is 45.9 Å². The Bertz CT molecular complexity index is 844. The molecule has 136 valence electrons. The van der Waals surface area contributed by atoms with Crippen LogP contribution in [0.1, 0.15) is 24.2 Å². The van der Waals surface area contributed by atoms with Gasteiger partial charge in [0.25, 0.3) is 11.8 Å². The highest BCUT2D eigenvalue weighted by Gasteiger charge is 2.26. The summed E-state index contributed by atoms with van der Waals surface area (Å²) in [6.07, 6.45) is 3.29. The van der Waals surface area contributed by atoms with Crippen molar-refractivity contribution in [1.29, 1.82) is 0 Å². The first-order valence-corrected chi connectivity index (χ1v) is 8.99. The number of dihydropyridines is 1. The second-order valence-electron chi connectivity index (χ2n) is 6.23. The second-order valence-corrected chi connectivity index (χ2v) is 7.09. The van der Waals surface area contributed by atoms with Gasteiger partial charge in [-0.05, 0) is 54.1 Å². The van der Waals surface area contributed by atoms with Crippen molar-refractivity contribution in [3.63, 3.8) is 0 Å². The Morgan fingerprint density at radius 1 is 1.46 bits per heavy atom. The fourth-order valence-corrected chi connectivity index (χ4v) is 3.38. The van der Waals surface area contributed by atoms with Crippen LogP contribution in [-0.2, 0) is 4.79 Å². The molecule has 1 N–H and O–H groups in total. The Kier molecular flexibility index (Phi) is 5.27. The molecule has 26 heavy (non-hydrogen) atoms. The SMILES string of the molecule is C=CC1COc2cc(C(=O)NCC3C(=O)N=C(C)C=C3C)cc(Br)c2O1. The van der Waals surface area contributed by atoms with Crippen molar-refractivity contribution >= 4 is 33.5 Å². The maximum Gasteiger partial charge on any atom is 0.254 e. The summed E-state index contributed by atoms with van der Waals surface area (Å²) in [4.78, 5) is 28.5. The number of carbonyl (C=O) groups excluding carboxylic acids is 2. The first kappa shape index (κ1) is 18.4. The Morgan fingerprint density at radius 3 is 2.92 bits per heavy atom. The number of ether oxygens (including phenoxy) is 2. The number of halogens is 1. The van der Waals surface area contributed by atoms with E-state index < -0.39 is 5.92 Å². The number of carbonyl (C=O) groups is 2. The van der Waals surface area contributed by atoms with Gasteiger partial charge in [-0.25, -0.2) is 4.99 Å². The summed E-state index contributed by atoms with van der Waals surface area (Å²) >= 11 is 3.41. The molecule has 0 bridgehead atoms. The van der Waals surface area contributed by atoms with Gasteiger partial charge in [0.15, 0.2) is 17.6 Å². The quantitative estimate of drug-likeness (QED) is 0.762. The zero-order chi connectivity index (χ0) is 18.8. The van der Waals surface area contributed by atoms with Crippen molar-refractivity contribution in [1.82, 2.24) is 5.32 Å². The molecule has 0 fully saturated rings. The molecular formula is C19H19BrN2O4. The summed E-state index contributed by atoms with van der Waals surface area (Å²) in [6.45, 7) is 7.87. The summed E-state index contributed by atoms with van der Waals surface area (Å²) in [5.74, 6) is 0.0736. The highest BCUT2D eigenvalue weighted by Crippen LogP contribution is 2.40. The molecule has 2 atom stereocenters. The van der Waals surface area contributed by atoms with Gasteiger partial charge >= 0.3 is 0 Å². The molecular weight excluding hydrogens is 400 g/mol. The summed E-state index contributed by atoms with van der Waals surface area (Å²) in [7, 11) is 0. The highest BCUT2D eigenvalue weighted by molar-refractivity contribution is 9.10. The van der Waals surface area contributed by atoms with Crippen LogP contribution in [0.5, 0.6) is 11.5 Å². The van der Waals surface area contributed by atoms with Crippen molar-refractivity contribution in [3.05, 3.63) is 46.5 Å². The summed E-state index contributed by atoms with van der Waals surface area (Å²) in [6, 6.07) is 3.29. The van der Waals surface area contributed by atoms with Gasteiger partial charge < -0.3 is 14.8 Å². The van der Waals surface area contributed by atoms with E-state index in [4.69, 9.17) is 9.47 Å². The first-order valence-electron chi connectivity index (χ1n) is 8.20. The number of allylic oxidation sites excluding steroid dienone is 1. The minimum atomic E-state index is -0.434. The van der Waals surface area contributed by atoms with Gasteiger partial charge in [-0.15, -0.1) is 0 Å². The standard InChI is InChI=1S/C19H19BrN2O4/c1-4-13-9-25-16-7-12(6-15(20)17(16)26-13)18(23)21-8-14-10(2)5-11(3)22-19(14)24/h4-7,13-14H,1,8-9H2,2-3H3,(H,21,23). The van der Waals surface area contributed by atoms with Crippen molar-refractivity contribution in [3.8, 4) is 11.5 Å². The van der Waals surface area contributed by atoms with Crippen LogP contribution < -0.4 is 14.8 Å².